The summed E-state index contributed by atoms with van der Waals surface area (Å²) < 4.78 is 25.4. The molecule has 4 aromatic rings. The first-order valence-corrected chi connectivity index (χ1v) is 10.9. The van der Waals surface area contributed by atoms with Crippen LogP contribution in [0.2, 0.25) is 5.02 Å². The van der Waals surface area contributed by atoms with Crippen molar-refractivity contribution in [3.8, 4) is 11.4 Å². The number of ether oxygens (including phenoxy) is 1. The summed E-state index contributed by atoms with van der Waals surface area (Å²) in [5.41, 5.74) is 1.88. The van der Waals surface area contributed by atoms with Crippen molar-refractivity contribution < 1.29 is 23.2 Å². The normalized spacial score (nSPS) is 13.6. The molecule has 10 nitrogen and oxygen atoms in total. The highest BCUT2D eigenvalue weighted by molar-refractivity contribution is 6.30. The number of methoxy groups -OCH3 is 1. The maximum absolute atomic E-state index is 14.6. The maximum Gasteiger partial charge on any atom is 0.292 e. The number of amides is 1. The lowest BCUT2D eigenvalue weighted by atomic mass is 10.0. The van der Waals surface area contributed by atoms with Gasteiger partial charge in [0, 0.05) is 36.1 Å². The minimum absolute atomic E-state index is 0.183. The molecule has 12 heteroatoms. The van der Waals surface area contributed by atoms with E-state index in [2.05, 4.69) is 30.1 Å². The molecule has 35 heavy (non-hydrogen) atoms. The highest BCUT2D eigenvalue weighted by Crippen LogP contribution is 2.30. The van der Waals surface area contributed by atoms with Crippen molar-refractivity contribution in [3.63, 3.8) is 0 Å². The minimum Gasteiger partial charge on any atom is -0.471 e. The lowest BCUT2D eigenvalue weighted by molar-refractivity contribution is -0.126. The summed E-state index contributed by atoms with van der Waals surface area (Å²) in [7, 11) is 3.32. The van der Waals surface area contributed by atoms with Gasteiger partial charge in [0.25, 0.3) is 12.4 Å². The number of rotatable bonds is 5. The summed E-state index contributed by atoms with van der Waals surface area (Å²) in [6.07, 6.45) is 3.04. The zero-order chi connectivity index (χ0) is 25.1. The predicted molar refractivity (Wildman–Crippen MR) is 126 cm³/mol. The van der Waals surface area contributed by atoms with Gasteiger partial charge in [-0.15, -0.1) is 0 Å². The number of fused-ring (bicyclic) bond motifs is 1. The van der Waals surface area contributed by atoms with Crippen LogP contribution in [0.3, 0.4) is 0 Å². The van der Waals surface area contributed by atoms with Crippen LogP contribution in [0.4, 0.5) is 10.1 Å². The van der Waals surface area contributed by atoms with Crippen LogP contribution in [0.15, 0.2) is 41.2 Å². The van der Waals surface area contributed by atoms with Crippen LogP contribution in [-0.2, 0) is 9.53 Å². The summed E-state index contributed by atoms with van der Waals surface area (Å²) in [4.78, 5) is 32.6. The number of anilines is 1. The van der Waals surface area contributed by atoms with Crippen molar-refractivity contribution >= 4 is 35.3 Å². The Morgan fingerprint density at radius 3 is 2.77 bits per heavy atom. The van der Waals surface area contributed by atoms with Crippen LogP contribution in [0.25, 0.3) is 17.0 Å². The SMILES string of the molecule is COC=O.Cc1c(F)cc(-c2noc(C3CN(C)C3)n2)cc1NC(=O)c1cnc2ccc(Cl)cn12. The van der Waals surface area contributed by atoms with Gasteiger partial charge in [-0.2, -0.15) is 4.98 Å². The Balaban J connectivity index is 0.000000672. The zero-order valence-corrected chi connectivity index (χ0v) is 19.9. The molecule has 1 fully saturated rings. The summed E-state index contributed by atoms with van der Waals surface area (Å²) in [6.45, 7) is 3.65. The van der Waals surface area contributed by atoms with Gasteiger partial charge in [-0.1, -0.05) is 16.8 Å². The van der Waals surface area contributed by atoms with Crippen molar-refractivity contribution in [3.05, 3.63) is 64.6 Å². The highest BCUT2D eigenvalue weighted by Gasteiger charge is 2.30. The molecule has 182 valence electrons. The number of likely N-dealkylation sites (tertiary alicyclic amines) is 1. The molecule has 0 bridgehead atoms. The molecule has 0 spiro atoms. The number of halogens is 2. The largest absolute Gasteiger partial charge is 0.471 e. The van der Waals surface area contributed by atoms with E-state index in [9.17, 15) is 9.18 Å². The molecule has 1 aromatic carbocycles. The number of carbonyl (C=O) groups excluding carboxylic acids is 2. The van der Waals surface area contributed by atoms with Gasteiger partial charge < -0.3 is 19.5 Å². The first-order valence-electron chi connectivity index (χ1n) is 10.5. The molecule has 0 radical (unpaired) electrons. The molecule has 1 N–H and O–H groups in total. The van der Waals surface area contributed by atoms with E-state index >= 15 is 0 Å². The quantitative estimate of drug-likeness (QED) is 0.414. The molecule has 1 saturated heterocycles. The van der Waals surface area contributed by atoms with Crippen molar-refractivity contribution in [1.29, 1.82) is 0 Å². The van der Waals surface area contributed by atoms with E-state index in [0.717, 1.165) is 13.1 Å². The van der Waals surface area contributed by atoms with E-state index in [1.54, 1.807) is 35.7 Å². The lowest BCUT2D eigenvalue weighted by Gasteiger charge is -2.33. The second-order valence-electron chi connectivity index (χ2n) is 8.01. The topological polar surface area (TPSA) is 115 Å². The second-order valence-corrected chi connectivity index (χ2v) is 8.45. The third kappa shape index (κ3) is 5.15. The van der Waals surface area contributed by atoms with Crippen LogP contribution in [0, 0.1) is 12.7 Å². The predicted octanol–water partition coefficient (Wildman–Crippen LogP) is 3.56. The van der Waals surface area contributed by atoms with E-state index in [0.29, 0.717) is 39.8 Å². The van der Waals surface area contributed by atoms with Crippen molar-refractivity contribution in [2.45, 2.75) is 12.8 Å². The molecule has 5 rings (SSSR count). The summed E-state index contributed by atoms with van der Waals surface area (Å²) in [5.74, 6) is 0.0648. The lowest BCUT2D eigenvalue weighted by Crippen LogP contribution is -2.41. The Morgan fingerprint density at radius 2 is 2.09 bits per heavy atom. The van der Waals surface area contributed by atoms with Crippen LogP contribution < -0.4 is 5.32 Å². The smallest absolute Gasteiger partial charge is 0.292 e. The van der Waals surface area contributed by atoms with E-state index in [1.807, 2.05) is 7.05 Å². The van der Waals surface area contributed by atoms with Crippen molar-refractivity contribution in [2.24, 2.45) is 0 Å². The molecule has 0 atom stereocenters. The molecule has 0 unspecified atom stereocenters. The van der Waals surface area contributed by atoms with Gasteiger partial charge in [-0.25, -0.2) is 9.37 Å². The number of nitrogens with one attached hydrogen (secondary N) is 1. The van der Waals surface area contributed by atoms with Crippen molar-refractivity contribution in [1.82, 2.24) is 24.4 Å². The minimum atomic E-state index is -0.483. The summed E-state index contributed by atoms with van der Waals surface area (Å²) in [5, 5.41) is 7.22. The summed E-state index contributed by atoms with van der Waals surface area (Å²) >= 11 is 6.04. The van der Waals surface area contributed by atoms with Crippen LogP contribution >= 0.6 is 11.6 Å². The number of benzene rings is 1. The van der Waals surface area contributed by atoms with E-state index in [4.69, 9.17) is 20.9 Å². The number of hydrogen-bond donors (Lipinski definition) is 1. The van der Waals surface area contributed by atoms with Gasteiger partial charge in [0.2, 0.25) is 11.7 Å². The third-order valence-electron chi connectivity index (χ3n) is 5.50. The Kier molecular flexibility index (Phi) is 7.08. The fourth-order valence-electron chi connectivity index (χ4n) is 3.62. The molecule has 0 aliphatic carbocycles. The van der Waals surface area contributed by atoms with E-state index in [-0.39, 0.29) is 17.4 Å². The van der Waals surface area contributed by atoms with Gasteiger partial charge in [-0.05, 0) is 38.2 Å². The molecule has 4 heterocycles. The molecular weight excluding hydrogens is 479 g/mol. The van der Waals surface area contributed by atoms with E-state index in [1.165, 1.54) is 19.4 Å². The standard InChI is InChI=1S/C21H18ClFN6O2.C2H4O2/c1-11-15(23)5-12(19-26-21(31-27-19)13-8-28(2)9-13)6-16(11)25-20(30)17-7-24-18-4-3-14(22)10-29(17)18;1-4-2-3/h3-7,10,13H,8-9H2,1-2H3,(H,25,30);2H,1H3. The molecule has 1 amide bonds. The average molecular weight is 501 g/mol. The molecule has 3 aromatic heterocycles. The van der Waals surface area contributed by atoms with Gasteiger partial charge in [-0.3, -0.25) is 14.0 Å². The molecule has 0 saturated carbocycles. The number of pyridine rings is 1. The highest BCUT2D eigenvalue weighted by atomic mass is 35.5. The van der Waals surface area contributed by atoms with Gasteiger partial charge in [0.05, 0.1) is 24.2 Å². The Hall–Kier alpha value is -3.83. The maximum atomic E-state index is 14.6. The Bertz CT molecular complexity index is 1380. The van der Waals surface area contributed by atoms with Crippen LogP contribution in [-0.4, -0.2) is 64.1 Å². The van der Waals surface area contributed by atoms with Gasteiger partial charge in [0.15, 0.2) is 0 Å². The number of carbonyl (C=O) groups is 2. The van der Waals surface area contributed by atoms with Gasteiger partial charge in [0.1, 0.15) is 17.2 Å². The Labute approximate surface area is 204 Å². The average Bonchev–Trinajstić information content (AvgIpc) is 3.47. The number of hydrogen-bond acceptors (Lipinski definition) is 8. The van der Waals surface area contributed by atoms with Crippen LogP contribution in [0.5, 0.6) is 0 Å². The third-order valence-corrected chi connectivity index (χ3v) is 5.73. The fraction of sp³-hybridized carbons (Fsp3) is 0.261. The van der Waals surface area contributed by atoms with E-state index < -0.39 is 11.7 Å². The first-order chi connectivity index (χ1) is 16.8. The first kappa shape index (κ1) is 24.3. The number of imidazole rings is 1. The van der Waals surface area contributed by atoms with Crippen molar-refractivity contribution in [2.75, 3.05) is 32.6 Å². The number of aromatic nitrogens is 4. The zero-order valence-electron chi connectivity index (χ0n) is 19.2. The molecule has 1 aliphatic rings. The summed E-state index contributed by atoms with van der Waals surface area (Å²) in [6, 6.07) is 6.36. The monoisotopic (exact) mass is 500 g/mol. The number of likely N-dealkylation sites (N-methyl/N-ethyl adjacent to an activating group) is 1. The molecule has 1 aliphatic heterocycles. The number of nitrogens with zero attached hydrogens (tertiary/aromatic N) is 5. The molecular formula is C23H22ClFN6O4. The Morgan fingerprint density at radius 1 is 1.34 bits per heavy atom. The van der Waals surface area contributed by atoms with Gasteiger partial charge >= 0.3 is 0 Å². The fourth-order valence-corrected chi connectivity index (χ4v) is 3.78. The van der Waals surface area contributed by atoms with Crippen LogP contribution in [0.1, 0.15) is 27.9 Å². The second kappa shape index (κ2) is 10.2.